The lowest BCUT2D eigenvalue weighted by atomic mass is 10.3. The Morgan fingerprint density at radius 2 is 2.14 bits per heavy atom. The summed E-state index contributed by atoms with van der Waals surface area (Å²) in [6.07, 6.45) is 2.07. The normalized spacial score (nSPS) is 13.6. The van der Waals surface area contributed by atoms with Crippen LogP contribution in [0.2, 0.25) is 0 Å². The molecule has 0 spiro atoms. The van der Waals surface area contributed by atoms with Gasteiger partial charge < -0.3 is 10.1 Å². The van der Waals surface area contributed by atoms with Crippen molar-refractivity contribution in [2.24, 2.45) is 0 Å². The molecule has 0 radical (unpaired) electrons. The van der Waals surface area contributed by atoms with Crippen LogP contribution in [0.4, 0.5) is 5.69 Å². The number of amides is 1. The highest BCUT2D eigenvalue weighted by Gasteiger charge is 2.24. The van der Waals surface area contributed by atoms with Gasteiger partial charge in [-0.15, -0.1) is 11.3 Å². The van der Waals surface area contributed by atoms with E-state index in [0.717, 1.165) is 12.8 Å². The molecule has 1 aromatic carbocycles. The summed E-state index contributed by atoms with van der Waals surface area (Å²) < 4.78 is 5.51. The summed E-state index contributed by atoms with van der Waals surface area (Å²) in [5.74, 6) is 0.366. The standard InChI is InChI=1S/C14H13N3O4S/c18-14(15-9-1-2-9)12-8-22-13(16-12)7-21-11-5-3-10(4-6-11)17(19)20/h3-6,8-9H,1-2,7H2,(H,15,18). The average Bonchev–Trinajstić information content (AvgIpc) is 3.19. The van der Waals surface area contributed by atoms with Crippen molar-refractivity contribution >= 4 is 22.9 Å². The van der Waals surface area contributed by atoms with Crippen molar-refractivity contribution in [2.75, 3.05) is 0 Å². The largest absolute Gasteiger partial charge is 0.486 e. The molecule has 1 aromatic heterocycles. The monoisotopic (exact) mass is 319 g/mol. The van der Waals surface area contributed by atoms with Gasteiger partial charge in [0.1, 0.15) is 23.1 Å². The topological polar surface area (TPSA) is 94.4 Å². The molecule has 1 saturated carbocycles. The van der Waals surface area contributed by atoms with Crippen molar-refractivity contribution in [1.82, 2.24) is 10.3 Å². The van der Waals surface area contributed by atoms with E-state index in [-0.39, 0.29) is 18.2 Å². The first kappa shape index (κ1) is 14.5. The van der Waals surface area contributed by atoms with E-state index in [0.29, 0.717) is 22.5 Å². The van der Waals surface area contributed by atoms with E-state index < -0.39 is 4.92 Å². The van der Waals surface area contributed by atoms with Crippen molar-refractivity contribution < 1.29 is 14.5 Å². The Labute approximate surface area is 130 Å². The minimum Gasteiger partial charge on any atom is -0.486 e. The molecule has 1 fully saturated rings. The highest BCUT2D eigenvalue weighted by molar-refractivity contribution is 7.09. The number of rotatable bonds is 6. The number of thiazole rings is 1. The molecule has 0 atom stereocenters. The smallest absolute Gasteiger partial charge is 0.270 e. The highest BCUT2D eigenvalue weighted by Crippen LogP contribution is 2.21. The summed E-state index contributed by atoms with van der Waals surface area (Å²) in [4.78, 5) is 26.1. The van der Waals surface area contributed by atoms with E-state index in [1.54, 1.807) is 5.38 Å². The first-order valence-corrected chi connectivity index (χ1v) is 7.62. The molecule has 0 aliphatic heterocycles. The van der Waals surface area contributed by atoms with Gasteiger partial charge in [-0.3, -0.25) is 14.9 Å². The number of carbonyl (C=O) groups excluding carboxylic acids is 1. The molecule has 3 rings (SSSR count). The van der Waals surface area contributed by atoms with Gasteiger partial charge in [0.2, 0.25) is 0 Å². The number of hydrogen-bond acceptors (Lipinski definition) is 6. The number of benzene rings is 1. The predicted molar refractivity (Wildman–Crippen MR) is 80.0 cm³/mol. The molecule has 22 heavy (non-hydrogen) atoms. The summed E-state index contributed by atoms with van der Waals surface area (Å²) in [5, 5.41) is 15.8. The number of nitro groups is 1. The Hall–Kier alpha value is -2.48. The van der Waals surface area contributed by atoms with Crippen LogP contribution < -0.4 is 10.1 Å². The number of nitrogens with zero attached hydrogens (tertiary/aromatic N) is 2. The van der Waals surface area contributed by atoms with Gasteiger partial charge in [-0.2, -0.15) is 0 Å². The van der Waals surface area contributed by atoms with Crippen LogP contribution in [-0.2, 0) is 6.61 Å². The van der Waals surface area contributed by atoms with E-state index in [4.69, 9.17) is 4.74 Å². The van der Waals surface area contributed by atoms with Crippen LogP contribution in [0.25, 0.3) is 0 Å². The van der Waals surface area contributed by atoms with Gasteiger partial charge >= 0.3 is 0 Å². The van der Waals surface area contributed by atoms with Gasteiger partial charge in [0.25, 0.3) is 11.6 Å². The van der Waals surface area contributed by atoms with Gasteiger partial charge in [-0.1, -0.05) is 0 Å². The average molecular weight is 319 g/mol. The molecular formula is C14H13N3O4S. The maximum atomic E-state index is 11.8. The zero-order chi connectivity index (χ0) is 15.5. The van der Waals surface area contributed by atoms with Crippen LogP contribution in [0.15, 0.2) is 29.6 Å². The Morgan fingerprint density at radius 3 is 2.77 bits per heavy atom. The summed E-state index contributed by atoms with van der Waals surface area (Å²) >= 11 is 1.35. The van der Waals surface area contributed by atoms with Crippen LogP contribution in [-0.4, -0.2) is 21.9 Å². The number of carbonyl (C=O) groups is 1. The Morgan fingerprint density at radius 1 is 1.41 bits per heavy atom. The van der Waals surface area contributed by atoms with Crippen LogP contribution in [0.3, 0.4) is 0 Å². The van der Waals surface area contributed by atoms with E-state index in [1.165, 1.54) is 35.6 Å². The minimum atomic E-state index is -0.463. The van der Waals surface area contributed by atoms with Crippen molar-refractivity contribution in [2.45, 2.75) is 25.5 Å². The maximum Gasteiger partial charge on any atom is 0.270 e. The van der Waals surface area contributed by atoms with Crippen molar-refractivity contribution in [3.63, 3.8) is 0 Å². The lowest BCUT2D eigenvalue weighted by Crippen LogP contribution is -2.25. The number of hydrogen-bond donors (Lipinski definition) is 1. The third kappa shape index (κ3) is 3.59. The van der Waals surface area contributed by atoms with E-state index >= 15 is 0 Å². The van der Waals surface area contributed by atoms with Gasteiger partial charge in [-0.25, -0.2) is 4.98 Å². The quantitative estimate of drug-likeness (QED) is 0.652. The van der Waals surface area contributed by atoms with E-state index in [1.807, 2.05) is 0 Å². The Balaban J connectivity index is 1.55. The minimum absolute atomic E-state index is 0.0145. The SMILES string of the molecule is O=C(NC1CC1)c1csc(COc2ccc([N+](=O)[O-])cc2)n1. The van der Waals surface area contributed by atoms with Crippen molar-refractivity contribution in [3.05, 3.63) is 50.5 Å². The molecule has 1 aliphatic rings. The summed E-state index contributed by atoms with van der Waals surface area (Å²) in [6.45, 7) is 0.221. The summed E-state index contributed by atoms with van der Waals surface area (Å²) in [7, 11) is 0. The fraction of sp³-hybridized carbons (Fsp3) is 0.286. The molecule has 1 aliphatic carbocycles. The molecule has 1 heterocycles. The molecule has 0 bridgehead atoms. The molecule has 8 heteroatoms. The zero-order valence-corrected chi connectivity index (χ0v) is 12.3. The number of aromatic nitrogens is 1. The molecule has 114 valence electrons. The van der Waals surface area contributed by atoms with Crippen LogP contribution >= 0.6 is 11.3 Å². The van der Waals surface area contributed by atoms with Crippen molar-refractivity contribution in [3.8, 4) is 5.75 Å². The number of ether oxygens (including phenoxy) is 1. The lowest BCUT2D eigenvalue weighted by molar-refractivity contribution is -0.384. The summed E-state index contributed by atoms with van der Waals surface area (Å²) in [5.41, 5.74) is 0.417. The zero-order valence-electron chi connectivity index (χ0n) is 11.5. The van der Waals surface area contributed by atoms with E-state index in [9.17, 15) is 14.9 Å². The first-order valence-electron chi connectivity index (χ1n) is 6.74. The first-order chi connectivity index (χ1) is 10.6. The second kappa shape index (κ2) is 6.10. The number of non-ortho nitro benzene ring substituents is 1. The third-order valence-corrected chi connectivity index (χ3v) is 3.93. The molecule has 0 saturated heterocycles. The van der Waals surface area contributed by atoms with Crippen LogP contribution in [0.1, 0.15) is 28.3 Å². The Kier molecular flexibility index (Phi) is 4.01. The second-order valence-electron chi connectivity index (χ2n) is 4.91. The summed E-state index contributed by atoms with van der Waals surface area (Å²) in [6, 6.07) is 6.13. The second-order valence-corrected chi connectivity index (χ2v) is 5.86. The van der Waals surface area contributed by atoms with Crippen LogP contribution in [0, 0.1) is 10.1 Å². The van der Waals surface area contributed by atoms with Gasteiger partial charge in [0.05, 0.1) is 4.92 Å². The molecule has 7 nitrogen and oxygen atoms in total. The molecule has 2 aromatic rings. The third-order valence-electron chi connectivity index (χ3n) is 3.11. The highest BCUT2D eigenvalue weighted by atomic mass is 32.1. The van der Waals surface area contributed by atoms with Gasteiger partial charge in [-0.05, 0) is 25.0 Å². The Bertz CT molecular complexity index is 694. The van der Waals surface area contributed by atoms with Gasteiger partial charge in [0.15, 0.2) is 0 Å². The molecule has 1 amide bonds. The van der Waals surface area contributed by atoms with Crippen LogP contribution in [0.5, 0.6) is 5.75 Å². The predicted octanol–water partition coefficient (Wildman–Crippen LogP) is 2.52. The fourth-order valence-electron chi connectivity index (χ4n) is 1.78. The number of nitrogens with one attached hydrogen (secondary N) is 1. The molecular weight excluding hydrogens is 306 g/mol. The molecule has 1 N–H and O–H groups in total. The maximum absolute atomic E-state index is 11.8. The number of nitro benzene ring substituents is 1. The van der Waals surface area contributed by atoms with Gasteiger partial charge in [0, 0.05) is 23.6 Å². The lowest BCUT2D eigenvalue weighted by Gasteiger charge is -2.03. The molecule has 0 unspecified atom stereocenters. The van der Waals surface area contributed by atoms with Crippen molar-refractivity contribution in [1.29, 1.82) is 0 Å². The van der Waals surface area contributed by atoms with E-state index in [2.05, 4.69) is 10.3 Å². The fourth-order valence-corrected chi connectivity index (χ4v) is 2.46.